The summed E-state index contributed by atoms with van der Waals surface area (Å²) in [5, 5.41) is 0.181. The summed E-state index contributed by atoms with van der Waals surface area (Å²) in [5.41, 5.74) is 4.27. The van der Waals surface area contributed by atoms with Gasteiger partial charge < -0.3 is 4.57 Å². The number of hydrogen-bond donors (Lipinski definition) is 0. The van der Waals surface area contributed by atoms with Gasteiger partial charge in [0.1, 0.15) is 5.82 Å². The Morgan fingerprint density at radius 3 is 2.53 bits per heavy atom. The van der Waals surface area contributed by atoms with Crippen molar-refractivity contribution in [3.8, 4) is 0 Å². The highest BCUT2D eigenvalue weighted by molar-refractivity contribution is 6.30. The molecule has 0 unspecified atom stereocenters. The molecule has 0 aliphatic rings. The van der Waals surface area contributed by atoms with Crippen LogP contribution < -0.4 is 0 Å². The van der Waals surface area contributed by atoms with E-state index >= 15 is 0 Å². The lowest BCUT2D eigenvalue weighted by Gasteiger charge is -2.08. The van der Waals surface area contributed by atoms with Crippen LogP contribution in [0.4, 0.5) is 4.39 Å². The maximum Gasteiger partial charge on any atom is 0.146 e. The Morgan fingerprint density at radius 1 is 1.24 bits per heavy atom. The largest absolute Gasteiger partial charge is 0.347 e. The zero-order valence-corrected chi connectivity index (χ0v) is 11.0. The van der Waals surface area contributed by atoms with Gasteiger partial charge in [0, 0.05) is 17.5 Å². The summed E-state index contributed by atoms with van der Waals surface area (Å²) in [7, 11) is 0. The number of aromatic nitrogens is 1. The fraction of sp³-hybridized carbons (Fsp3) is 0.286. The number of benzene rings is 1. The van der Waals surface area contributed by atoms with E-state index in [2.05, 4.69) is 18.4 Å². The summed E-state index contributed by atoms with van der Waals surface area (Å²) < 4.78 is 15.8. The van der Waals surface area contributed by atoms with Gasteiger partial charge in [0.15, 0.2) is 0 Å². The molecule has 0 amide bonds. The Bertz CT molecular complexity index is 558. The molecule has 2 rings (SSSR count). The zero-order valence-electron chi connectivity index (χ0n) is 10.2. The van der Waals surface area contributed by atoms with E-state index in [4.69, 9.17) is 11.6 Å². The van der Waals surface area contributed by atoms with E-state index in [0.29, 0.717) is 12.1 Å². The number of rotatable bonds is 2. The lowest BCUT2D eigenvalue weighted by molar-refractivity contribution is 0.598. The lowest BCUT2D eigenvalue weighted by atomic mass is 10.2. The normalized spacial score (nSPS) is 10.9. The topological polar surface area (TPSA) is 4.93 Å². The molecule has 0 aliphatic carbocycles. The van der Waals surface area contributed by atoms with Crippen LogP contribution in [-0.2, 0) is 6.54 Å². The highest BCUT2D eigenvalue weighted by Crippen LogP contribution is 2.21. The Balaban J connectivity index is 2.38. The Morgan fingerprint density at radius 2 is 1.94 bits per heavy atom. The first-order chi connectivity index (χ1) is 8.00. The first-order valence-electron chi connectivity index (χ1n) is 5.56. The van der Waals surface area contributed by atoms with E-state index in [1.54, 1.807) is 18.2 Å². The van der Waals surface area contributed by atoms with Crippen molar-refractivity contribution in [2.75, 3.05) is 0 Å². The quantitative estimate of drug-likeness (QED) is 0.752. The number of aryl methyl sites for hydroxylation is 1. The Hall–Kier alpha value is -1.28. The minimum Gasteiger partial charge on any atom is -0.347 e. The molecule has 0 N–H and O–H groups in total. The van der Waals surface area contributed by atoms with E-state index in [-0.39, 0.29) is 10.8 Å². The minimum absolute atomic E-state index is 0.181. The summed E-state index contributed by atoms with van der Waals surface area (Å²) >= 11 is 5.77. The summed E-state index contributed by atoms with van der Waals surface area (Å²) in [6.45, 7) is 6.71. The minimum atomic E-state index is -0.322. The molecule has 3 heteroatoms. The van der Waals surface area contributed by atoms with Gasteiger partial charge in [-0.2, -0.15) is 0 Å². The van der Waals surface area contributed by atoms with Gasteiger partial charge >= 0.3 is 0 Å². The number of nitrogens with zero attached hydrogens (tertiary/aromatic N) is 1. The predicted molar refractivity (Wildman–Crippen MR) is 69.2 cm³/mol. The standard InChI is InChI=1S/C14H15ClFN/c1-9-7-17(11(3)10(9)2)8-12-5-4-6-13(15)14(12)16/h4-7H,8H2,1-3H3. The van der Waals surface area contributed by atoms with Crippen molar-refractivity contribution in [1.82, 2.24) is 4.57 Å². The molecule has 0 fully saturated rings. The molecule has 1 nitrogen and oxygen atoms in total. The van der Waals surface area contributed by atoms with Crippen molar-refractivity contribution in [2.24, 2.45) is 0 Å². The van der Waals surface area contributed by atoms with Crippen LogP contribution in [0.15, 0.2) is 24.4 Å². The lowest BCUT2D eigenvalue weighted by Crippen LogP contribution is -2.03. The molecule has 0 saturated carbocycles. The van der Waals surface area contributed by atoms with Crippen LogP contribution in [0.2, 0.25) is 5.02 Å². The van der Waals surface area contributed by atoms with Crippen LogP contribution in [0.3, 0.4) is 0 Å². The Kier molecular flexibility index (Phi) is 3.25. The second-order valence-corrected chi connectivity index (χ2v) is 4.77. The van der Waals surface area contributed by atoms with Crippen molar-refractivity contribution >= 4 is 11.6 Å². The summed E-state index contributed by atoms with van der Waals surface area (Å²) in [6.07, 6.45) is 2.05. The SMILES string of the molecule is Cc1cn(Cc2cccc(Cl)c2F)c(C)c1C. The molecular weight excluding hydrogens is 237 g/mol. The molecular formula is C14H15ClFN. The van der Waals surface area contributed by atoms with E-state index in [9.17, 15) is 4.39 Å². The maximum absolute atomic E-state index is 13.8. The van der Waals surface area contributed by atoms with Crippen molar-refractivity contribution in [1.29, 1.82) is 0 Å². The molecule has 1 aromatic heterocycles. The molecule has 0 aliphatic heterocycles. The van der Waals surface area contributed by atoms with Crippen LogP contribution >= 0.6 is 11.6 Å². The summed E-state index contributed by atoms with van der Waals surface area (Å²) in [4.78, 5) is 0. The van der Waals surface area contributed by atoms with Crippen LogP contribution in [0.5, 0.6) is 0 Å². The van der Waals surface area contributed by atoms with Gasteiger partial charge in [0.2, 0.25) is 0 Å². The van der Waals surface area contributed by atoms with Crippen LogP contribution in [0.25, 0.3) is 0 Å². The van der Waals surface area contributed by atoms with Gasteiger partial charge in [-0.15, -0.1) is 0 Å². The molecule has 17 heavy (non-hydrogen) atoms. The van der Waals surface area contributed by atoms with Crippen LogP contribution in [0.1, 0.15) is 22.4 Å². The van der Waals surface area contributed by atoms with Gasteiger partial charge in [-0.3, -0.25) is 0 Å². The Labute approximate surface area is 106 Å². The van der Waals surface area contributed by atoms with Crippen molar-refractivity contribution in [2.45, 2.75) is 27.3 Å². The highest BCUT2D eigenvalue weighted by Gasteiger charge is 2.10. The molecule has 90 valence electrons. The molecule has 0 bridgehead atoms. The first kappa shape index (κ1) is 12.2. The number of halogens is 2. The fourth-order valence-electron chi connectivity index (χ4n) is 1.95. The average Bonchev–Trinajstić information content (AvgIpc) is 2.53. The monoisotopic (exact) mass is 251 g/mol. The van der Waals surface area contributed by atoms with Gasteiger partial charge in [-0.1, -0.05) is 23.7 Å². The highest BCUT2D eigenvalue weighted by atomic mass is 35.5. The van der Waals surface area contributed by atoms with Crippen LogP contribution in [0, 0.1) is 26.6 Å². The third-order valence-electron chi connectivity index (χ3n) is 3.29. The molecule has 0 spiro atoms. The second-order valence-electron chi connectivity index (χ2n) is 4.36. The fourth-order valence-corrected chi connectivity index (χ4v) is 2.14. The summed E-state index contributed by atoms with van der Waals surface area (Å²) in [6, 6.07) is 5.12. The van der Waals surface area contributed by atoms with E-state index in [1.165, 1.54) is 16.8 Å². The third kappa shape index (κ3) is 2.22. The molecule has 0 radical (unpaired) electrons. The predicted octanol–water partition coefficient (Wildman–Crippen LogP) is 4.25. The van der Waals surface area contributed by atoms with Crippen LogP contribution in [-0.4, -0.2) is 4.57 Å². The van der Waals surface area contributed by atoms with E-state index < -0.39 is 0 Å². The van der Waals surface area contributed by atoms with Gasteiger partial charge in [0.25, 0.3) is 0 Å². The average molecular weight is 252 g/mol. The number of hydrogen-bond acceptors (Lipinski definition) is 0. The van der Waals surface area contributed by atoms with E-state index in [0.717, 1.165) is 0 Å². The van der Waals surface area contributed by atoms with Gasteiger partial charge in [-0.05, 0) is 38.0 Å². The summed E-state index contributed by atoms with van der Waals surface area (Å²) in [5.74, 6) is -0.322. The molecule has 0 saturated heterocycles. The molecule has 1 heterocycles. The van der Waals surface area contributed by atoms with Gasteiger partial charge in [0.05, 0.1) is 11.6 Å². The molecule has 0 atom stereocenters. The second kappa shape index (κ2) is 4.53. The van der Waals surface area contributed by atoms with E-state index in [1.807, 2.05) is 13.1 Å². The van der Waals surface area contributed by atoms with Gasteiger partial charge in [-0.25, -0.2) is 4.39 Å². The molecule has 1 aromatic carbocycles. The smallest absolute Gasteiger partial charge is 0.146 e. The third-order valence-corrected chi connectivity index (χ3v) is 3.58. The zero-order chi connectivity index (χ0) is 12.6. The van der Waals surface area contributed by atoms with Crippen molar-refractivity contribution < 1.29 is 4.39 Å². The van der Waals surface area contributed by atoms with Crippen molar-refractivity contribution in [3.05, 3.63) is 57.6 Å². The maximum atomic E-state index is 13.8. The van der Waals surface area contributed by atoms with Crippen molar-refractivity contribution in [3.63, 3.8) is 0 Å². The first-order valence-corrected chi connectivity index (χ1v) is 5.94. The molecule has 2 aromatic rings.